The molecule has 0 radical (unpaired) electrons. The maximum Gasteiger partial charge on any atom is 0.161 e. The molecule has 0 saturated carbocycles. The number of ketones is 1. The number of hydrogen-bond acceptors (Lipinski definition) is 5. The monoisotopic (exact) mass is 760 g/mol. The number of carbonyl (C=O) groups excluding carboxylic acids is 1. The highest BCUT2D eigenvalue weighted by molar-refractivity contribution is 5.88. The molecule has 8 heteroatoms. The molecule has 0 spiro atoms. The van der Waals surface area contributed by atoms with Gasteiger partial charge in [0.05, 0.1) is 26.0 Å². The summed E-state index contributed by atoms with van der Waals surface area (Å²) >= 11 is 0. The van der Waals surface area contributed by atoms with Gasteiger partial charge in [-0.05, 0) is 111 Å². The number of nitrogens with zero attached hydrogens (tertiary/aromatic N) is 2. The van der Waals surface area contributed by atoms with Crippen LogP contribution in [0.4, 0.5) is 4.39 Å². The Balaban J connectivity index is 0.00000378. The van der Waals surface area contributed by atoms with Gasteiger partial charge in [-0.2, -0.15) is 0 Å². The largest absolute Gasteiger partial charge is 0.493 e. The molecule has 53 heavy (non-hydrogen) atoms. The van der Waals surface area contributed by atoms with Crippen molar-refractivity contribution < 1.29 is 18.7 Å². The number of carbonyl (C=O) groups is 1. The Morgan fingerprint density at radius 2 is 1.36 bits per heavy atom. The molecule has 284 valence electrons. The molecule has 0 saturated heterocycles. The molecule has 0 aliphatic heterocycles. The van der Waals surface area contributed by atoms with Crippen LogP contribution < -0.4 is 9.47 Å². The highest BCUT2D eigenvalue weighted by atomic mass is 35.5. The van der Waals surface area contributed by atoms with Crippen LogP contribution in [-0.2, 0) is 23.1 Å². The first-order chi connectivity index (χ1) is 24.8. The number of aryl methyl sites for hydroxylation is 2. The van der Waals surface area contributed by atoms with E-state index in [0.29, 0.717) is 30.8 Å². The topological polar surface area (TPSA) is 51.7 Å². The number of hydrogen-bond donors (Lipinski definition) is 0. The fourth-order valence-corrected chi connectivity index (χ4v) is 7.57. The fourth-order valence-electron chi connectivity index (χ4n) is 7.57. The van der Waals surface area contributed by atoms with Crippen LogP contribution >= 0.6 is 24.8 Å². The zero-order valence-corrected chi connectivity index (χ0v) is 33.4. The molecule has 0 bridgehead atoms. The predicted molar refractivity (Wildman–Crippen MR) is 221 cm³/mol. The Labute approximate surface area is 328 Å². The lowest BCUT2D eigenvalue weighted by Crippen LogP contribution is -2.28. The van der Waals surface area contributed by atoms with Crippen molar-refractivity contribution in [2.75, 3.05) is 28.3 Å². The number of rotatable bonds is 19. The lowest BCUT2D eigenvalue weighted by atomic mass is 9.68. The zero-order chi connectivity index (χ0) is 36.2. The van der Waals surface area contributed by atoms with Gasteiger partial charge in [-0.3, -0.25) is 9.78 Å². The average molecular weight is 762 g/mol. The lowest BCUT2D eigenvalue weighted by Gasteiger charge is -2.36. The molecule has 5 nitrogen and oxygen atoms in total. The minimum atomic E-state index is -0.275. The summed E-state index contributed by atoms with van der Waals surface area (Å²) in [6.45, 7) is 2.22. The summed E-state index contributed by atoms with van der Waals surface area (Å²) < 4.78 is 24.8. The number of methoxy groups -OCH3 is 2. The molecular weight excluding hydrogens is 706 g/mol. The van der Waals surface area contributed by atoms with E-state index in [0.717, 1.165) is 72.7 Å². The number of ether oxygens (including phenoxy) is 2. The van der Waals surface area contributed by atoms with Crippen molar-refractivity contribution in [2.45, 2.75) is 82.6 Å². The van der Waals surface area contributed by atoms with Crippen LogP contribution in [0.3, 0.4) is 0 Å². The van der Waals surface area contributed by atoms with Crippen molar-refractivity contribution in [2.24, 2.45) is 0 Å². The van der Waals surface area contributed by atoms with E-state index < -0.39 is 0 Å². The van der Waals surface area contributed by atoms with E-state index in [1.807, 2.05) is 0 Å². The molecule has 1 heterocycles. The molecular formula is C45H55Cl2FN2O3. The van der Waals surface area contributed by atoms with Crippen molar-refractivity contribution in [3.63, 3.8) is 0 Å². The second kappa shape index (κ2) is 21.1. The summed E-state index contributed by atoms with van der Waals surface area (Å²) in [6.07, 6.45) is 7.92. The minimum absolute atomic E-state index is 0. The van der Waals surface area contributed by atoms with Crippen LogP contribution in [0.25, 0.3) is 10.8 Å². The fraction of sp³-hybridized carbons (Fsp3) is 0.378. The van der Waals surface area contributed by atoms with Gasteiger partial charge >= 0.3 is 0 Å². The van der Waals surface area contributed by atoms with E-state index >= 15 is 0 Å². The maximum atomic E-state index is 13.4. The number of fused-ring (bicyclic) bond motifs is 1. The molecule has 1 atom stereocenters. The second-order valence-corrected chi connectivity index (χ2v) is 13.9. The van der Waals surface area contributed by atoms with Gasteiger partial charge < -0.3 is 14.4 Å². The summed E-state index contributed by atoms with van der Waals surface area (Å²) in [7, 11) is 7.61. The Kier molecular flexibility index (Phi) is 17.3. The van der Waals surface area contributed by atoms with E-state index in [9.17, 15) is 9.18 Å². The summed E-state index contributed by atoms with van der Waals surface area (Å²) in [5, 5.41) is 2.19. The summed E-state index contributed by atoms with van der Waals surface area (Å²) in [6, 6.07) is 34.6. The smallest absolute Gasteiger partial charge is 0.161 e. The van der Waals surface area contributed by atoms with Crippen LogP contribution in [0.5, 0.6) is 11.5 Å². The highest BCUT2D eigenvalue weighted by Gasteiger charge is 2.33. The van der Waals surface area contributed by atoms with Crippen LogP contribution in [-0.4, -0.2) is 44.0 Å². The summed E-state index contributed by atoms with van der Waals surface area (Å²) in [5.41, 5.74) is 5.39. The third-order valence-electron chi connectivity index (χ3n) is 10.3. The van der Waals surface area contributed by atoms with Gasteiger partial charge in [0, 0.05) is 29.3 Å². The molecule has 0 aliphatic carbocycles. The number of Topliss-reactive ketones (excluding diaryl/α,β-unsaturated/α-hetero) is 1. The molecule has 0 amide bonds. The Hall–Kier alpha value is -3.97. The van der Waals surface area contributed by atoms with Crippen LogP contribution in [0, 0.1) is 5.82 Å². The lowest BCUT2D eigenvalue weighted by molar-refractivity contribution is -0.119. The maximum absolute atomic E-state index is 13.4. The van der Waals surface area contributed by atoms with Crippen LogP contribution in [0.1, 0.15) is 92.4 Å². The first-order valence-corrected chi connectivity index (χ1v) is 18.4. The quantitative estimate of drug-likeness (QED) is 0.0839. The van der Waals surface area contributed by atoms with Crippen LogP contribution in [0.15, 0.2) is 103 Å². The molecule has 0 N–H and O–H groups in total. The number of aromatic nitrogens is 1. The predicted octanol–water partition coefficient (Wildman–Crippen LogP) is 11.3. The first kappa shape index (κ1) is 43.4. The van der Waals surface area contributed by atoms with E-state index in [1.54, 1.807) is 26.4 Å². The van der Waals surface area contributed by atoms with Crippen molar-refractivity contribution >= 4 is 41.4 Å². The van der Waals surface area contributed by atoms with Gasteiger partial charge in [0.25, 0.3) is 0 Å². The minimum Gasteiger partial charge on any atom is -0.493 e. The van der Waals surface area contributed by atoms with Crippen molar-refractivity contribution in [1.29, 1.82) is 0 Å². The second-order valence-electron chi connectivity index (χ2n) is 13.9. The van der Waals surface area contributed by atoms with Gasteiger partial charge in [-0.25, -0.2) is 4.39 Å². The van der Waals surface area contributed by atoms with Crippen LogP contribution in [0.2, 0.25) is 0 Å². The highest BCUT2D eigenvalue weighted by Crippen LogP contribution is 2.42. The van der Waals surface area contributed by atoms with E-state index in [2.05, 4.69) is 105 Å². The van der Waals surface area contributed by atoms with Gasteiger partial charge in [0.15, 0.2) is 11.5 Å². The molecule has 1 unspecified atom stereocenters. The van der Waals surface area contributed by atoms with Gasteiger partial charge in [0.1, 0.15) is 11.6 Å². The first-order valence-electron chi connectivity index (χ1n) is 18.4. The molecule has 0 fully saturated rings. The molecule has 0 aliphatic rings. The molecule has 4 aromatic carbocycles. The Morgan fingerprint density at radius 1 is 0.774 bits per heavy atom. The third-order valence-corrected chi connectivity index (χ3v) is 10.3. The zero-order valence-electron chi connectivity index (χ0n) is 31.8. The normalized spacial score (nSPS) is 11.8. The van der Waals surface area contributed by atoms with Gasteiger partial charge in [-0.1, -0.05) is 86.1 Å². The van der Waals surface area contributed by atoms with Crippen molar-refractivity contribution in [3.05, 3.63) is 137 Å². The molecule has 5 rings (SSSR count). The summed E-state index contributed by atoms with van der Waals surface area (Å²) in [5.74, 6) is 1.40. The van der Waals surface area contributed by atoms with Crippen molar-refractivity contribution in [3.8, 4) is 11.5 Å². The third kappa shape index (κ3) is 11.0. The average Bonchev–Trinajstić information content (AvgIpc) is 3.16. The number of pyridine rings is 1. The van der Waals surface area contributed by atoms with E-state index in [-0.39, 0.29) is 47.9 Å². The Morgan fingerprint density at radius 3 is 1.92 bits per heavy atom. The Bertz CT molecular complexity index is 1810. The van der Waals surface area contributed by atoms with Gasteiger partial charge in [0.2, 0.25) is 0 Å². The molecule has 5 aromatic rings. The van der Waals surface area contributed by atoms with Gasteiger partial charge in [-0.15, -0.1) is 24.8 Å². The summed E-state index contributed by atoms with van der Waals surface area (Å²) in [4.78, 5) is 20.8. The van der Waals surface area contributed by atoms with Crippen molar-refractivity contribution in [1.82, 2.24) is 9.88 Å². The molecule has 1 aromatic heterocycles. The number of halogens is 3. The standard InChI is InChI=1S/C45H53FN2O3.2ClH/c1-6-15-42(48(2)3)41-30-34-31-43(50-4)44(51-5)32-39(34)40(47-41)21-14-29-45(35-16-9-7-10-17-35,36-18-11-8-12-19-36)28-13-20-38(49)27-24-33-22-25-37(46)26-23-33;;/h7-12,16-19,22-23,25-26,30-32,42H,6,13-15,20-21,24,27-29H2,1-5H3;2*1H. The SMILES string of the molecule is CCCC(c1cc2cc(OC)c(OC)cc2c(CCCC(CCCC(=O)CCc2ccc(F)cc2)(c2ccccc2)c2ccccc2)n1)N(C)C.Cl.Cl. The van der Waals surface area contributed by atoms with E-state index in [1.165, 1.54) is 23.3 Å². The van der Waals surface area contributed by atoms with E-state index in [4.69, 9.17) is 14.5 Å². The number of benzene rings is 4.